The molecule has 1 amide bonds. The molecule has 0 unspecified atom stereocenters. The fourth-order valence-electron chi connectivity index (χ4n) is 2.38. The molecule has 4 N–H and O–H groups in total. The van der Waals surface area contributed by atoms with Crippen LogP contribution in [0.25, 0.3) is 0 Å². The standard InChI is InChI=1S/C11H17N5O2/c1-16-7-13-6-8(16)9(17)14-11(10(12)15-18)4-2-3-5-11/h6-7,18H,2-5H2,1H3,(H2,12,15)(H,14,17). The van der Waals surface area contributed by atoms with E-state index in [4.69, 9.17) is 10.9 Å². The minimum Gasteiger partial charge on any atom is -0.409 e. The van der Waals surface area contributed by atoms with Crippen LogP contribution in [0.15, 0.2) is 17.7 Å². The maximum Gasteiger partial charge on any atom is 0.270 e. The number of aryl methyl sites for hydroxylation is 1. The van der Waals surface area contributed by atoms with E-state index >= 15 is 0 Å². The predicted molar refractivity (Wildman–Crippen MR) is 65.3 cm³/mol. The molecule has 1 aliphatic rings. The summed E-state index contributed by atoms with van der Waals surface area (Å²) in [6.45, 7) is 0. The number of imidazole rings is 1. The summed E-state index contributed by atoms with van der Waals surface area (Å²) < 4.78 is 1.63. The topological polar surface area (TPSA) is 106 Å². The zero-order valence-electron chi connectivity index (χ0n) is 10.3. The highest BCUT2D eigenvalue weighted by Crippen LogP contribution is 2.30. The average molecular weight is 251 g/mol. The highest BCUT2D eigenvalue weighted by molar-refractivity contribution is 5.99. The molecule has 18 heavy (non-hydrogen) atoms. The smallest absolute Gasteiger partial charge is 0.270 e. The molecule has 1 aromatic heterocycles. The van der Waals surface area contributed by atoms with Gasteiger partial charge in [0.15, 0.2) is 5.84 Å². The first-order chi connectivity index (χ1) is 8.59. The van der Waals surface area contributed by atoms with Gasteiger partial charge in [-0.25, -0.2) is 4.98 Å². The summed E-state index contributed by atoms with van der Waals surface area (Å²) >= 11 is 0. The van der Waals surface area contributed by atoms with Crippen LogP contribution in [-0.2, 0) is 7.05 Å². The number of nitrogens with two attached hydrogens (primary N) is 1. The highest BCUT2D eigenvalue weighted by Gasteiger charge is 2.40. The van der Waals surface area contributed by atoms with E-state index in [9.17, 15) is 4.79 Å². The van der Waals surface area contributed by atoms with Crippen molar-refractivity contribution in [1.29, 1.82) is 0 Å². The van der Waals surface area contributed by atoms with E-state index in [0.29, 0.717) is 18.5 Å². The van der Waals surface area contributed by atoms with Crippen molar-refractivity contribution in [3.8, 4) is 0 Å². The van der Waals surface area contributed by atoms with Gasteiger partial charge in [0, 0.05) is 7.05 Å². The number of amides is 1. The van der Waals surface area contributed by atoms with E-state index in [1.807, 2.05) is 0 Å². The summed E-state index contributed by atoms with van der Waals surface area (Å²) in [5.74, 6) is -0.195. The number of rotatable bonds is 3. The Hall–Kier alpha value is -2.05. The van der Waals surface area contributed by atoms with E-state index < -0.39 is 5.54 Å². The maximum atomic E-state index is 12.1. The second-order valence-electron chi connectivity index (χ2n) is 4.62. The van der Waals surface area contributed by atoms with E-state index in [-0.39, 0.29) is 11.7 Å². The molecule has 0 aliphatic heterocycles. The second-order valence-corrected chi connectivity index (χ2v) is 4.62. The number of oxime groups is 1. The third-order valence-corrected chi connectivity index (χ3v) is 3.46. The third kappa shape index (κ3) is 2.03. The zero-order chi connectivity index (χ0) is 13.2. The molecule has 0 atom stereocenters. The normalized spacial score (nSPS) is 18.8. The number of carbonyl (C=O) groups excluding carboxylic acids is 1. The molecule has 0 bridgehead atoms. The third-order valence-electron chi connectivity index (χ3n) is 3.46. The van der Waals surface area contributed by atoms with Crippen molar-refractivity contribution in [3.63, 3.8) is 0 Å². The van der Waals surface area contributed by atoms with Crippen LogP contribution >= 0.6 is 0 Å². The van der Waals surface area contributed by atoms with Crippen molar-refractivity contribution < 1.29 is 10.0 Å². The van der Waals surface area contributed by atoms with E-state index in [1.165, 1.54) is 6.20 Å². The van der Waals surface area contributed by atoms with Crippen molar-refractivity contribution in [3.05, 3.63) is 18.2 Å². The predicted octanol–water partition coefficient (Wildman–Crippen LogP) is 0.209. The first-order valence-electron chi connectivity index (χ1n) is 5.86. The molecule has 1 heterocycles. The van der Waals surface area contributed by atoms with Gasteiger partial charge in [-0.05, 0) is 12.8 Å². The van der Waals surface area contributed by atoms with Crippen LogP contribution in [0.1, 0.15) is 36.2 Å². The summed E-state index contributed by atoms with van der Waals surface area (Å²) in [5.41, 5.74) is 5.44. The van der Waals surface area contributed by atoms with Gasteiger partial charge >= 0.3 is 0 Å². The molecule has 1 saturated carbocycles. The molecule has 2 rings (SSSR count). The summed E-state index contributed by atoms with van der Waals surface area (Å²) in [6.07, 6.45) is 6.31. The summed E-state index contributed by atoms with van der Waals surface area (Å²) in [6, 6.07) is 0. The fraction of sp³-hybridized carbons (Fsp3) is 0.545. The number of nitrogens with zero attached hydrogens (tertiary/aromatic N) is 3. The number of hydrogen-bond donors (Lipinski definition) is 3. The van der Waals surface area contributed by atoms with Crippen molar-refractivity contribution in [2.75, 3.05) is 0 Å². The van der Waals surface area contributed by atoms with Gasteiger partial charge in [-0.1, -0.05) is 18.0 Å². The zero-order valence-corrected chi connectivity index (χ0v) is 10.3. The molecular weight excluding hydrogens is 234 g/mol. The molecule has 0 radical (unpaired) electrons. The summed E-state index contributed by atoms with van der Waals surface area (Å²) in [7, 11) is 1.74. The molecule has 7 nitrogen and oxygen atoms in total. The SMILES string of the molecule is Cn1cncc1C(=O)NC1(/C(N)=N/O)CCCC1. The molecule has 1 aromatic rings. The maximum absolute atomic E-state index is 12.1. The van der Waals surface area contributed by atoms with Crippen LogP contribution in [-0.4, -0.2) is 32.0 Å². The lowest BCUT2D eigenvalue weighted by molar-refractivity contribution is 0.0914. The van der Waals surface area contributed by atoms with Gasteiger partial charge in [0.1, 0.15) is 11.2 Å². The van der Waals surface area contributed by atoms with Gasteiger partial charge in [0.25, 0.3) is 5.91 Å². The van der Waals surface area contributed by atoms with E-state index in [0.717, 1.165) is 12.8 Å². The molecule has 1 fully saturated rings. The highest BCUT2D eigenvalue weighted by atomic mass is 16.4. The molecule has 0 aromatic carbocycles. The number of carbonyl (C=O) groups is 1. The monoisotopic (exact) mass is 251 g/mol. The minimum absolute atomic E-state index is 0.0653. The summed E-state index contributed by atoms with van der Waals surface area (Å²) in [5, 5.41) is 14.8. The fourth-order valence-corrected chi connectivity index (χ4v) is 2.38. The molecule has 98 valence electrons. The Morgan fingerprint density at radius 2 is 2.28 bits per heavy atom. The second kappa shape index (κ2) is 4.67. The molecule has 0 saturated heterocycles. The Morgan fingerprint density at radius 1 is 1.61 bits per heavy atom. The van der Waals surface area contributed by atoms with Gasteiger partial charge in [-0.3, -0.25) is 4.79 Å². The lowest BCUT2D eigenvalue weighted by Gasteiger charge is -2.28. The number of hydrogen-bond acceptors (Lipinski definition) is 4. The lowest BCUT2D eigenvalue weighted by Crippen LogP contribution is -2.56. The molecule has 0 spiro atoms. The van der Waals surface area contributed by atoms with Crippen LogP contribution in [0.3, 0.4) is 0 Å². The van der Waals surface area contributed by atoms with Gasteiger partial charge in [-0.15, -0.1) is 0 Å². The molecule has 1 aliphatic carbocycles. The van der Waals surface area contributed by atoms with Crippen LogP contribution in [0.5, 0.6) is 0 Å². The number of aromatic nitrogens is 2. The largest absolute Gasteiger partial charge is 0.409 e. The van der Waals surface area contributed by atoms with Gasteiger partial charge in [0.05, 0.1) is 12.5 Å². The first-order valence-corrected chi connectivity index (χ1v) is 5.86. The average Bonchev–Trinajstić information content (AvgIpc) is 2.97. The van der Waals surface area contributed by atoms with Crippen molar-refractivity contribution in [1.82, 2.24) is 14.9 Å². The Balaban J connectivity index is 2.21. The minimum atomic E-state index is -0.726. The van der Waals surface area contributed by atoms with Crippen LogP contribution in [0.2, 0.25) is 0 Å². The Bertz CT molecular complexity index is 474. The van der Waals surface area contributed by atoms with Crippen molar-refractivity contribution >= 4 is 11.7 Å². The van der Waals surface area contributed by atoms with Gasteiger partial charge in [0.2, 0.25) is 0 Å². The number of amidine groups is 1. The quantitative estimate of drug-likeness (QED) is 0.309. The van der Waals surface area contributed by atoms with Crippen LogP contribution in [0.4, 0.5) is 0 Å². The van der Waals surface area contributed by atoms with Crippen molar-refractivity contribution in [2.45, 2.75) is 31.2 Å². The molecule has 7 heteroatoms. The Labute approximate surface area is 105 Å². The molecular formula is C11H17N5O2. The summed E-state index contributed by atoms with van der Waals surface area (Å²) in [4.78, 5) is 16.0. The van der Waals surface area contributed by atoms with Crippen molar-refractivity contribution in [2.24, 2.45) is 17.9 Å². The number of nitrogens with one attached hydrogen (secondary N) is 1. The van der Waals surface area contributed by atoms with Gasteiger partial charge in [-0.2, -0.15) is 0 Å². The van der Waals surface area contributed by atoms with Gasteiger partial charge < -0.3 is 20.8 Å². The lowest BCUT2D eigenvalue weighted by atomic mass is 9.96. The van der Waals surface area contributed by atoms with E-state index in [1.54, 1.807) is 17.9 Å². The first kappa shape index (κ1) is 12.4. The van der Waals surface area contributed by atoms with Crippen LogP contribution in [0, 0.1) is 0 Å². The van der Waals surface area contributed by atoms with Crippen LogP contribution < -0.4 is 11.1 Å². The Morgan fingerprint density at radius 3 is 2.78 bits per heavy atom. The van der Waals surface area contributed by atoms with E-state index in [2.05, 4.69) is 15.5 Å². The Kier molecular flexibility index (Phi) is 3.22.